The summed E-state index contributed by atoms with van der Waals surface area (Å²) >= 11 is 0. The molecule has 3 heteroatoms. The minimum Gasteiger partial charge on any atom is -0.481 e. The molecule has 0 unspecified atom stereocenters. The van der Waals surface area contributed by atoms with Gasteiger partial charge in [-0.05, 0) is 32.1 Å². The highest BCUT2D eigenvalue weighted by atomic mass is 16.4. The molecule has 1 aromatic carbocycles. The highest BCUT2D eigenvalue weighted by Crippen LogP contribution is 2.17. The summed E-state index contributed by atoms with van der Waals surface area (Å²) < 4.78 is 0. The first-order chi connectivity index (χ1) is 9.66. The molecule has 0 aliphatic rings. The van der Waals surface area contributed by atoms with Crippen molar-refractivity contribution in [1.29, 1.82) is 0 Å². The van der Waals surface area contributed by atoms with Crippen molar-refractivity contribution in [2.24, 2.45) is 0 Å². The van der Waals surface area contributed by atoms with Gasteiger partial charge in [-0.2, -0.15) is 0 Å². The van der Waals surface area contributed by atoms with Gasteiger partial charge in [-0.1, -0.05) is 45.4 Å². The number of carboxylic acids is 1. The average molecular weight is 280 g/mol. The molecule has 1 N–H and O–H groups in total. The third-order valence-electron chi connectivity index (χ3n) is 3.95. The van der Waals surface area contributed by atoms with Crippen LogP contribution in [0, 0.1) is 0 Å². The average Bonchev–Trinajstić information content (AvgIpc) is 3.03. The topological polar surface area (TPSA) is 54.4 Å². The molecule has 0 aromatic heterocycles. The summed E-state index contributed by atoms with van der Waals surface area (Å²) in [4.78, 5) is 21.8. The Kier molecular flexibility index (Phi) is 8.24. The molecule has 0 saturated carbocycles. The molecule has 1 aromatic rings. The first-order valence-corrected chi connectivity index (χ1v) is 8.15. The van der Waals surface area contributed by atoms with E-state index in [1.165, 1.54) is 19.3 Å². The number of aliphatic carboxylic acids is 1. The molecule has 1 rings (SSSR count). The number of unbranched alkanes of at least 4 members (excludes halogenated alkanes) is 7. The second-order valence-electron chi connectivity index (χ2n) is 5.76. The lowest BCUT2D eigenvalue weighted by Crippen LogP contribution is -1.93. The molecule has 0 saturated heterocycles. The number of carbonyl (C=O) groups is 1. The molecule has 0 aliphatic heterocycles. The van der Waals surface area contributed by atoms with Crippen LogP contribution in [-0.2, 0) is 17.6 Å². The van der Waals surface area contributed by atoms with E-state index < -0.39 is 5.97 Å². The molecule has 3 nitrogen and oxygen atoms in total. The van der Waals surface area contributed by atoms with E-state index >= 15 is 0 Å². The van der Waals surface area contributed by atoms with Gasteiger partial charge in [0.05, 0.1) is 0 Å². The van der Waals surface area contributed by atoms with Crippen LogP contribution in [0.5, 0.6) is 0 Å². The number of rotatable bonds is 13. The van der Waals surface area contributed by atoms with Gasteiger partial charge in [-0.25, -0.2) is 0 Å². The quantitative estimate of drug-likeness (QED) is 0.555. The molecule has 0 spiro atoms. The molecule has 114 valence electrons. The Morgan fingerprint density at radius 1 is 0.850 bits per heavy atom. The molecule has 0 atom stereocenters. The van der Waals surface area contributed by atoms with Crippen LogP contribution in [0.1, 0.15) is 82.3 Å². The maximum absolute atomic E-state index is 11.5. The van der Waals surface area contributed by atoms with Gasteiger partial charge in [0, 0.05) is 17.5 Å². The summed E-state index contributed by atoms with van der Waals surface area (Å²) in [6, 6.07) is 0. The second-order valence-corrected chi connectivity index (χ2v) is 5.76. The zero-order valence-corrected chi connectivity index (χ0v) is 12.7. The lowest BCUT2D eigenvalue weighted by Gasteiger charge is -2.00. The summed E-state index contributed by atoms with van der Waals surface area (Å²) in [6.07, 6.45) is 12.3. The van der Waals surface area contributed by atoms with Gasteiger partial charge < -0.3 is 5.11 Å². The smallest absolute Gasteiger partial charge is 0.303 e. The van der Waals surface area contributed by atoms with E-state index in [1.54, 1.807) is 0 Å². The number of hydrogen-bond acceptors (Lipinski definition) is 2. The maximum atomic E-state index is 11.5. The largest absolute Gasteiger partial charge is 0.481 e. The predicted octanol–water partition coefficient (Wildman–Crippen LogP) is 4.01. The third kappa shape index (κ3) is 6.88. The van der Waals surface area contributed by atoms with Crippen molar-refractivity contribution in [2.75, 3.05) is 0 Å². The van der Waals surface area contributed by atoms with Crippen LogP contribution >= 0.6 is 0 Å². The normalized spacial score (nSPS) is 11.2. The van der Waals surface area contributed by atoms with Crippen molar-refractivity contribution in [3.05, 3.63) is 21.4 Å². The van der Waals surface area contributed by atoms with E-state index in [0.717, 1.165) is 62.5 Å². The van der Waals surface area contributed by atoms with E-state index in [1.807, 2.05) is 0 Å². The third-order valence-corrected chi connectivity index (χ3v) is 3.95. The van der Waals surface area contributed by atoms with Crippen molar-refractivity contribution in [3.8, 4) is 0 Å². The van der Waals surface area contributed by atoms with E-state index in [2.05, 4.69) is 6.92 Å². The van der Waals surface area contributed by atoms with Crippen LogP contribution in [-0.4, -0.2) is 11.1 Å². The zero-order valence-electron chi connectivity index (χ0n) is 12.7. The first kappa shape index (κ1) is 16.9. The minimum absolute atomic E-state index is 0.302. The van der Waals surface area contributed by atoms with E-state index in [9.17, 15) is 9.59 Å². The van der Waals surface area contributed by atoms with Gasteiger partial charge in [-0.15, -0.1) is 0 Å². The summed E-state index contributed by atoms with van der Waals surface area (Å²) in [5.41, 5.74) is 2.60. The maximum Gasteiger partial charge on any atom is 0.303 e. The fourth-order valence-electron chi connectivity index (χ4n) is 2.59. The standard InChI is InChI=1S/C17H28O3/c1-2-3-11-14-15(17(14)20)12-9-7-5-4-6-8-10-13-16(18)19/h2-13H2,1H3,(H,18,19). The highest BCUT2D eigenvalue weighted by molar-refractivity contribution is 5.66. The van der Waals surface area contributed by atoms with E-state index in [4.69, 9.17) is 5.11 Å². The van der Waals surface area contributed by atoms with Crippen molar-refractivity contribution < 1.29 is 9.90 Å². The Bertz CT molecular complexity index is 399. The summed E-state index contributed by atoms with van der Waals surface area (Å²) in [6.45, 7) is 2.16. The lowest BCUT2D eigenvalue weighted by atomic mass is 10.1. The van der Waals surface area contributed by atoms with E-state index in [0.29, 0.717) is 11.8 Å². The number of hydrogen-bond donors (Lipinski definition) is 1. The van der Waals surface area contributed by atoms with E-state index in [-0.39, 0.29) is 0 Å². The molecule has 0 fully saturated rings. The second kappa shape index (κ2) is 9.73. The summed E-state index contributed by atoms with van der Waals surface area (Å²) in [5.74, 6) is -0.689. The van der Waals surface area contributed by atoms with Crippen LogP contribution in [0.4, 0.5) is 0 Å². The molecule has 20 heavy (non-hydrogen) atoms. The highest BCUT2D eigenvalue weighted by Gasteiger charge is 2.19. The van der Waals surface area contributed by atoms with Crippen molar-refractivity contribution in [3.63, 3.8) is 0 Å². The minimum atomic E-state index is -0.689. The molecular weight excluding hydrogens is 252 g/mol. The predicted molar refractivity (Wildman–Crippen MR) is 82.0 cm³/mol. The SMILES string of the molecule is CCCCc1c(CCCCCCCCCC(=O)O)c1=O. The Labute approximate surface area is 122 Å². The van der Waals surface area contributed by atoms with Gasteiger partial charge >= 0.3 is 5.97 Å². The van der Waals surface area contributed by atoms with Gasteiger partial charge in [0.2, 0.25) is 0 Å². The van der Waals surface area contributed by atoms with Crippen LogP contribution in [0.3, 0.4) is 0 Å². The van der Waals surface area contributed by atoms with Gasteiger partial charge in [0.15, 0.2) is 5.43 Å². The Morgan fingerprint density at radius 2 is 1.35 bits per heavy atom. The first-order valence-electron chi connectivity index (χ1n) is 8.15. The molecule has 0 aliphatic carbocycles. The Hall–Kier alpha value is -1.12. The Balaban J connectivity index is 1.89. The lowest BCUT2D eigenvalue weighted by molar-refractivity contribution is -0.137. The van der Waals surface area contributed by atoms with Crippen molar-refractivity contribution >= 4 is 5.97 Å². The Morgan fingerprint density at radius 3 is 1.90 bits per heavy atom. The monoisotopic (exact) mass is 280 g/mol. The van der Waals surface area contributed by atoms with Crippen LogP contribution < -0.4 is 5.43 Å². The summed E-state index contributed by atoms with van der Waals surface area (Å²) in [7, 11) is 0. The molecule has 0 heterocycles. The van der Waals surface area contributed by atoms with Crippen LogP contribution in [0.15, 0.2) is 4.79 Å². The molecule has 0 amide bonds. The molecule has 0 radical (unpaired) electrons. The van der Waals surface area contributed by atoms with Crippen molar-refractivity contribution in [1.82, 2.24) is 0 Å². The van der Waals surface area contributed by atoms with Crippen molar-refractivity contribution in [2.45, 2.75) is 84.0 Å². The van der Waals surface area contributed by atoms with Gasteiger partial charge in [0.1, 0.15) is 0 Å². The fourth-order valence-corrected chi connectivity index (χ4v) is 2.59. The molecular formula is C17H28O3. The van der Waals surface area contributed by atoms with Crippen LogP contribution in [0.25, 0.3) is 0 Å². The number of carboxylic acid groups (broad SMARTS) is 1. The fraction of sp³-hybridized carbons (Fsp3) is 0.765. The summed E-state index contributed by atoms with van der Waals surface area (Å²) in [5, 5.41) is 8.51. The molecule has 0 bridgehead atoms. The van der Waals surface area contributed by atoms with Gasteiger partial charge in [-0.3, -0.25) is 9.59 Å². The van der Waals surface area contributed by atoms with Crippen LogP contribution in [0.2, 0.25) is 0 Å². The zero-order chi connectivity index (χ0) is 14.8. The van der Waals surface area contributed by atoms with Gasteiger partial charge in [0.25, 0.3) is 0 Å².